The van der Waals surface area contributed by atoms with Gasteiger partial charge in [0.25, 0.3) is 11.4 Å². The largest absolute Gasteiger partial charge is 1.00 e. The molecule has 0 N–H and O–H groups in total. The van der Waals surface area contributed by atoms with E-state index in [9.17, 15) is 48.9 Å². The number of carbonyl (C=O) groups excluding carboxylic acids is 4. The molecule has 2 aliphatic heterocycles. The van der Waals surface area contributed by atoms with Crippen LogP contribution >= 0.6 is 11.6 Å². The summed E-state index contributed by atoms with van der Waals surface area (Å²) in [6.07, 6.45) is 7.71. The van der Waals surface area contributed by atoms with Gasteiger partial charge in [-0.05, 0) is 69.2 Å². The van der Waals surface area contributed by atoms with E-state index in [4.69, 9.17) is 31.9 Å². The molecule has 97 heavy (non-hydrogen) atoms. The van der Waals surface area contributed by atoms with Crippen molar-refractivity contribution in [3.05, 3.63) is 223 Å². The van der Waals surface area contributed by atoms with Gasteiger partial charge in [-0.15, -0.1) is 0 Å². The summed E-state index contributed by atoms with van der Waals surface area (Å²) in [6.45, 7) is 11.9. The summed E-state index contributed by atoms with van der Waals surface area (Å²) in [6, 6.07) is 53.7. The molecule has 20 nitrogen and oxygen atoms in total. The number of carboxylic acids is 1. The molecule has 6 aromatic rings. The van der Waals surface area contributed by atoms with E-state index in [1.807, 2.05) is 86.9 Å². The fourth-order valence-electron chi connectivity index (χ4n) is 12.2. The zero-order valence-electron chi connectivity index (χ0n) is 56.6. The number of likely N-dealkylation sites (N-methyl/N-ethyl adjacent to an activating group) is 2. The number of rotatable bonds is 31. The SMILES string of the molecule is C.C[N+](CCOC(=O)OCCl)(Cc1ccccc1)Cc1ccc([N+](=O)[O-])cc1.C[N+](CCOC(=O)OCOC(=O)CCC[N+]1(Cc2ccccc2)CCCCC1)(Cc1ccccc1)Cc1ccc([N+](=O)[O-])cc1.O=C([O-])CCC[N+]1(Cc2ccccc2)CCCCC1.[2H]CF.[Br-].[Br-].[Na+]. The Kier molecular flexibility index (Phi) is 43.2. The van der Waals surface area contributed by atoms with E-state index >= 15 is 0 Å². The Balaban J connectivity index is 0.000000771. The van der Waals surface area contributed by atoms with Gasteiger partial charge in [0.05, 0.1) is 78.2 Å². The van der Waals surface area contributed by atoms with Crippen LogP contribution in [0.5, 0.6) is 0 Å². The molecule has 6 aromatic carbocycles. The average molecular weight is 1510 g/mol. The molecule has 0 bridgehead atoms. The van der Waals surface area contributed by atoms with Crippen LogP contribution < -0.4 is 68.6 Å². The predicted octanol–water partition coefficient (Wildman–Crippen LogP) is 4.42. The maximum atomic E-state index is 12.4. The zero-order valence-corrected chi connectivity index (χ0v) is 61.5. The number of ether oxygens (including phenoxy) is 5. The molecule has 0 radical (unpaired) electrons. The molecule has 0 spiro atoms. The number of alkyl halides is 2. The number of quaternary nitrogens is 4. The van der Waals surface area contributed by atoms with Gasteiger partial charge < -0.3 is 85.5 Å². The van der Waals surface area contributed by atoms with Crippen molar-refractivity contribution in [3.63, 3.8) is 0 Å². The molecule has 2 unspecified atom stereocenters. The summed E-state index contributed by atoms with van der Waals surface area (Å²) in [5, 5.41) is 32.5. The molecule has 25 heteroatoms. The first-order chi connectivity index (χ1) is 45.3. The zero-order chi connectivity index (χ0) is 67.9. The molecular weight excluding hydrogens is 1410 g/mol. The number of hydrogen-bond acceptors (Lipinski definition) is 14. The van der Waals surface area contributed by atoms with Gasteiger partial charge in [-0.1, -0.05) is 140 Å². The van der Waals surface area contributed by atoms with Crippen molar-refractivity contribution < 1.29 is 145 Å². The van der Waals surface area contributed by atoms with E-state index in [2.05, 4.69) is 53.3 Å². The van der Waals surface area contributed by atoms with E-state index in [-0.39, 0.29) is 114 Å². The Hall–Kier alpha value is -6.38. The Morgan fingerprint density at radius 2 is 0.825 bits per heavy atom. The Morgan fingerprint density at radius 3 is 1.15 bits per heavy atom. The molecule has 0 aromatic heterocycles. The number of nitro benzene ring substituents is 2. The second-order valence-corrected chi connectivity index (χ2v) is 24.6. The number of nitro groups is 2. The van der Waals surface area contributed by atoms with E-state index in [1.54, 1.807) is 24.3 Å². The standard InChI is InChI=1S/C35H45N3O7.C19H22ClN2O5.C16H23NO2.CH3F.CH4.2BrH.Na/c1-37(26-30-12-5-2-6-13-30,27-32-17-19-33(20-18-32)36(41)42)24-25-43-35(40)45-29-44-34(39)16-11-23-38(21-9-4-10-22-38)28-31-14-7-3-8-15-31;1-22(11-12-26-19(23)27-15-20,13-16-5-3-2-4-6-16)14-17-7-9-18(10-8-17)21(24)25;18-16(19)10-7-13-17(11-5-2-6-12-17)14-15-8-3-1-4-9-15;1-2;;;;/h2-3,5-8,12-15,17-20H,4,9-11,16,21-29H2,1H3;2-10H,11-15H2,1H3;1,3-4,8-9H,2,5-7,10-14H2;1H3;1H4;2*1H;/q+2;+1;;;;;;+1/p-2/i;;;1D;;;;. The number of carbonyl (C=O) groups is 4. The molecule has 2 fully saturated rings. The number of halogens is 4. The van der Waals surface area contributed by atoms with Gasteiger partial charge in [0.2, 0.25) is 6.79 Å². The summed E-state index contributed by atoms with van der Waals surface area (Å²) < 4.78 is 43.7. The van der Waals surface area contributed by atoms with Crippen molar-refractivity contribution in [1.82, 2.24) is 0 Å². The number of benzene rings is 6. The maximum absolute atomic E-state index is 12.4. The van der Waals surface area contributed by atoms with Gasteiger partial charge in [0.1, 0.15) is 65.6 Å². The van der Waals surface area contributed by atoms with Gasteiger partial charge in [0.15, 0.2) is 6.07 Å². The van der Waals surface area contributed by atoms with Crippen molar-refractivity contribution in [2.24, 2.45) is 0 Å². The van der Waals surface area contributed by atoms with Crippen LogP contribution in [0.15, 0.2) is 170 Å². The third-order valence-electron chi connectivity index (χ3n) is 16.8. The molecule has 2 aliphatic rings. The molecule has 2 atom stereocenters. The summed E-state index contributed by atoms with van der Waals surface area (Å²) in [7, 11) is 3.09. The van der Waals surface area contributed by atoms with Crippen LogP contribution in [-0.4, -0.2) is 152 Å². The first-order valence-corrected chi connectivity index (χ1v) is 32.2. The monoisotopic (exact) mass is 1510 g/mol. The van der Waals surface area contributed by atoms with Gasteiger partial charge >= 0.3 is 47.8 Å². The summed E-state index contributed by atoms with van der Waals surface area (Å²) >= 11 is 5.34. The van der Waals surface area contributed by atoms with Crippen LogP contribution in [0.4, 0.5) is 25.4 Å². The number of non-ortho nitro benzene ring substituents is 2. The molecular formula is C72H97Br2ClFN6NaO14+2. The second-order valence-electron chi connectivity index (χ2n) is 24.4. The first-order valence-electron chi connectivity index (χ1n) is 32.3. The predicted molar refractivity (Wildman–Crippen MR) is 357 cm³/mol. The van der Waals surface area contributed by atoms with Crippen LogP contribution in [0.25, 0.3) is 0 Å². The molecule has 2 saturated heterocycles. The number of hydrogen-bond donors (Lipinski definition) is 0. The number of piperidine rings is 2. The summed E-state index contributed by atoms with van der Waals surface area (Å²) in [5.41, 5.74) is 6.93. The number of esters is 1. The smallest absolute Gasteiger partial charge is 1.00 e. The van der Waals surface area contributed by atoms with Crippen molar-refractivity contribution in [2.75, 3.05) is 99.7 Å². The number of nitrogens with zero attached hydrogens (tertiary/aromatic N) is 6. The van der Waals surface area contributed by atoms with E-state index in [1.165, 1.54) is 87.0 Å². The molecule has 0 saturated carbocycles. The van der Waals surface area contributed by atoms with Crippen LogP contribution in [0.2, 0.25) is 0 Å². The molecule has 526 valence electrons. The minimum Gasteiger partial charge on any atom is -1.00 e. The summed E-state index contributed by atoms with van der Waals surface area (Å²) in [5.74, 6) is -1.32. The third-order valence-corrected chi connectivity index (χ3v) is 16.9. The Labute approximate surface area is 621 Å². The minimum absolute atomic E-state index is 0. The minimum atomic E-state index is -1.00. The number of likely N-dealkylation sites (tertiary alicyclic amines) is 2. The van der Waals surface area contributed by atoms with Gasteiger partial charge in [-0.3, -0.25) is 29.4 Å². The second kappa shape index (κ2) is 48.4. The maximum Gasteiger partial charge on any atom is 1.00 e. The van der Waals surface area contributed by atoms with Gasteiger partial charge in [-0.25, -0.2) is 9.59 Å². The van der Waals surface area contributed by atoms with Crippen molar-refractivity contribution >= 4 is 47.2 Å². The van der Waals surface area contributed by atoms with Crippen molar-refractivity contribution in [2.45, 2.75) is 111 Å². The van der Waals surface area contributed by atoms with E-state index in [0.29, 0.717) is 54.7 Å². The van der Waals surface area contributed by atoms with E-state index in [0.717, 1.165) is 76.9 Å². The molecule has 0 amide bonds. The number of carboxylic acid groups (broad SMARTS) is 1. The Bertz CT molecular complexity index is 3200. The molecule has 2 heterocycles. The fourth-order valence-corrected chi connectivity index (χ4v) is 12.3. The topological polar surface area (TPSA) is 224 Å². The fraction of sp³-hybridized carbons (Fsp3) is 0.444. The van der Waals surface area contributed by atoms with Crippen LogP contribution in [0.1, 0.15) is 106 Å². The molecule has 0 aliphatic carbocycles. The van der Waals surface area contributed by atoms with Crippen molar-refractivity contribution in [1.29, 1.82) is 0 Å². The van der Waals surface area contributed by atoms with Crippen molar-refractivity contribution in [3.8, 4) is 0 Å². The van der Waals surface area contributed by atoms with Crippen LogP contribution in [0, 0.1) is 20.2 Å². The van der Waals surface area contributed by atoms with Crippen LogP contribution in [0.3, 0.4) is 0 Å². The summed E-state index contributed by atoms with van der Waals surface area (Å²) in [4.78, 5) is 67.6. The molecule has 8 rings (SSSR count). The average Bonchev–Trinajstić information content (AvgIpc) is 0.861. The van der Waals surface area contributed by atoms with Gasteiger partial charge in [0, 0.05) is 76.5 Å². The first kappa shape index (κ1) is 86.7. The van der Waals surface area contributed by atoms with Gasteiger partial charge in [-0.2, -0.15) is 0 Å². The quantitative estimate of drug-likeness (QED) is 0.00860. The number of aliphatic carboxylic acids is 1. The third kappa shape index (κ3) is 34.8. The van der Waals surface area contributed by atoms with Crippen LogP contribution in [-0.2, 0) is 72.5 Å². The normalized spacial score (nSPS) is 14.5. The van der Waals surface area contributed by atoms with E-state index < -0.39 is 48.0 Å². The Morgan fingerprint density at radius 1 is 0.505 bits per heavy atom.